The quantitative estimate of drug-likeness (QED) is 0.142. The van der Waals surface area contributed by atoms with Crippen LogP contribution in [0.4, 0.5) is 5.69 Å². The van der Waals surface area contributed by atoms with E-state index in [9.17, 15) is 19.8 Å². The van der Waals surface area contributed by atoms with Gasteiger partial charge in [0, 0.05) is 46.9 Å². The molecule has 0 fully saturated rings. The number of para-hydroxylation sites is 1. The molecule has 42 heavy (non-hydrogen) atoms. The number of carbonyl (C=O) groups is 2. The second kappa shape index (κ2) is 12.0. The van der Waals surface area contributed by atoms with Gasteiger partial charge >= 0.3 is 5.97 Å². The Kier molecular flexibility index (Phi) is 8.35. The summed E-state index contributed by atoms with van der Waals surface area (Å²) in [7, 11) is 0. The zero-order valence-corrected chi connectivity index (χ0v) is 25.1. The molecule has 0 radical (unpaired) electrons. The van der Waals surface area contributed by atoms with Gasteiger partial charge in [-0.3, -0.25) is 4.79 Å². The van der Waals surface area contributed by atoms with Crippen LogP contribution in [0.3, 0.4) is 0 Å². The van der Waals surface area contributed by atoms with Crippen molar-refractivity contribution in [2.45, 2.75) is 78.2 Å². The van der Waals surface area contributed by atoms with Gasteiger partial charge in [-0.15, -0.1) is 0 Å². The minimum absolute atomic E-state index is 0.000749. The first-order valence-corrected chi connectivity index (χ1v) is 15.2. The SMILES string of the molecule is CCCCCCCCN1/C(=C/C2=C(O)C(=C\c3ccc4ccccc4[n+]3CC)/C2=O)C(C)(C)c2cc(C(=O)O)ccc21. The molecule has 0 amide bonds. The van der Waals surface area contributed by atoms with Crippen molar-refractivity contribution >= 4 is 34.4 Å². The van der Waals surface area contributed by atoms with Crippen LogP contribution in [0.25, 0.3) is 17.0 Å². The number of aromatic carboxylic acids is 1. The normalized spacial score (nSPS) is 17.8. The summed E-state index contributed by atoms with van der Waals surface area (Å²) in [5, 5.41) is 21.9. The van der Waals surface area contributed by atoms with Crippen LogP contribution in [-0.2, 0) is 16.8 Å². The van der Waals surface area contributed by atoms with Gasteiger partial charge in [0.2, 0.25) is 17.0 Å². The lowest BCUT2D eigenvalue weighted by Crippen LogP contribution is -2.37. The second-order valence-corrected chi connectivity index (χ2v) is 11.8. The first kappa shape index (κ1) is 29.3. The molecule has 2 aliphatic rings. The predicted molar refractivity (Wildman–Crippen MR) is 168 cm³/mol. The summed E-state index contributed by atoms with van der Waals surface area (Å²) in [6.07, 6.45) is 10.5. The molecule has 1 aliphatic heterocycles. The van der Waals surface area contributed by atoms with Crippen molar-refractivity contribution in [1.82, 2.24) is 0 Å². The highest BCUT2D eigenvalue weighted by atomic mass is 16.4. The maximum Gasteiger partial charge on any atom is 0.335 e. The molecule has 0 atom stereocenters. The summed E-state index contributed by atoms with van der Waals surface area (Å²) in [5.41, 5.74) is 5.03. The molecule has 5 rings (SSSR count). The van der Waals surface area contributed by atoms with Gasteiger partial charge in [-0.1, -0.05) is 65.0 Å². The number of benzene rings is 2. The number of hydrogen-bond donors (Lipinski definition) is 2. The number of fused-ring (bicyclic) bond motifs is 2. The Morgan fingerprint density at radius 3 is 2.40 bits per heavy atom. The lowest BCUT2D eigenvalue weighted by atomic mass is 9.80. The summed E-state index contributed by atoms with van der Waals surface area (Å²) in [6, 6.07) is 17.4. The molecule has 0 unspecified atom stereocenters. The van der Waals surface area contributed by atoms with Crippen LogP contribution < -0.4 is 9.47 Å². The van der Waals surface area contributed by atoms with E-state index in [2.05, 4.69) is 49.3 Å². The number of aryl methyl sites for hydroxylation is 1. The number of carbonyl (C=O) groups excluding carboxylic acids is 1. The highest BCUT2D eigenvalue weighted by molar-refractivity contribution is 6.23. The van der Waals surface area contributed by atoms with Crippen molar-refractivity contribution in [2.24, 2.45) is 0 Å². The molecule has 3 aromatic rings. The number of rotatable bonds is 11. The molecule has 1 aliphatic carbocycles. The number of pyridine rings is 1. The average molecular weight is 566 g/mol. The third-order valence-electron chi connectivity index (χ3n) is 8.74. The zero-order chi connectivity index (χ0) is 30.0. The molecular weight excluding hydrogens is 524 g/mol. The Balaban J connectivity index is 1.50. The van der Waals surface area contributed by atoms with Crippen LogP contribution in [0.1, 0.15) is 87.8 Å². The van der Waals surface area contributed by atoms with Crippen molar-refractivity contribution in [2.75, 3.05) is 11.4 Å². The summed E-state index contributed by atoms with van der Waals surface area (Å²) in [6.45, 7) is 9.88. The fourth-order valence-corrected chi connectivity index (χ4v) is 6.31. The smallest absolute Gasteiger partial charge is 0.335 e. The standard InChI is InChI=1S/C36H40N2O4/c1-5-7-8-9-10-13-20-38-31-19-17-25(35(41)42)21-29(31)36(3,4)32(38)23-28-33(39)27(34(28)40)22-26-18-16-24-14-11-12-15-30(24)37(26)6-2/h11-12,14-19,21-23H,5-10,13,20H2,1-4H3,(H-,39,40,41,42)/p+1. The van der Waals surface area contributed by atoms with Crippen LogP contribution in [0, 0.1) is 0 Å². The number of allylic oxidation sites excluding steroid dienone is 4. The van der Waals surface area contributed by atoms with E-state index >= 15 is 0 Å². The lowest BCUT2D eigenvalue weighted by molar-refractivity contribution is -0.669. The Labute approximate surface area is 248 Å². The van der Waals surface area contributed by atoms with Crippen molar-refractivity contribution in [3.8, 4) is 0 Å². The Morgan fingerprint density at radius 1 is 0.952 bits per heavy atom. The lowest BCUT2D eigenvalue weighted by Gasteiger charge is -2.29. The average Bonchev–Trinajstić information content (AvgIpc) is 3.20. The Hall–Kier alpha value is -4.19. The van der Waals surface area contributed by atoms with Gasteiger partial charge in [-0.25, -0.2) is 4.79 Å². The van der Waals surface area contributed by atoms with Gasteiger partial charge in [0.15, 0.2) is 0 Å². The predicted octanol–water partition coefficient (Wildman–Crippen LogP) is 7.67. The summed E-state index contributed by atoms with van der Waals surface area (Å²) in [5.74, 6) is -1.15. The van der Waals surface area contributed by atoms with E-state index in [0.717, 1.165) is 59.5 Å². The van der Waals surface area contributed by atoms with Crippen LogP contribution in [0.5, 0.6) is 0 Å². The van der Waals surface area contributed by atoms with E-state index < -0.39 is 11.4 Å². The molecule has 2 N–H and O–H groups in total. The first-order chi connectivity index (χ1) is 20.2. The van der Waals surface area contributed by atoms with Gasteiger partial charge in [-0.05, 0) is 55.3 Å². The van der Waals surface area contributed by atoms with E-state index in [0.29, 0.717) is 11.1 Å². The maximum atomic E-state index is 13.5. The number of nitrogens with zero attached hydrogens (tertiary/aromatic N) is 2. The summed E-state index contributed by atoms with van der Waals surface area (Å²) >= 11 is 0. The number of anilines is 1. The fraction of sp³-hybridized carbons (Fsp3) is 0.361. The van der Waals surface area contributed by atoms with E-state index in [1.807, 2.05) is 36.4 Å². The molecule has 0 saturated carbocycles. The topological polar surface area (TPSA) is 81.7 Å². The van der Waals surface area contributed by atoms with Gasteiger partial charge < -0.3 is 15.1 Å². The van der Waals surface area contributed by atoms with Crippen molar-refractivity contribution in [3.63, 3.8) is 0 Å². The maximum absolute atomic E-state index is 13.5. The number of ketones is 1. The Morgan fingerprint density at radius 2 is 1.69 bits per heavy atom. The second-order valence-electron chi connectivity index (χ2n) is 11.8. The van der Waals surface area contributed by atoms with Gasteiger partial charge in [0.1, 0.15) is 12.3 Å². The highest BCUT2D eigenvalue weighted by Gasteiger charge is 2.43. The third-order valence-corrected chi connectivity index (χ3v) is 8.74. The molecule has 6 nitrogen and oxygen atoms in total. The first-order valence-electron chi connectivity index (χ1n) is 15.2. The number of aliphatic hydroxyl groups is 1. The summed E-state index contributed by atoms with van der Waals surface area (Å²) < 4.78 is 2.14. The minimum Gasteiger partial charge on any atom is -0.506 e. The van der Waals surface area contributed by atoms with E-state index in [4.69, 9.17) is 0 Å². The molecule has 218 valence electrons. The molecule has 6 heteroatoms. The van der Waals surface area contributed by atoms with Gasteiger partial charge in [-0.2, -0.15) is 4.57 Å². The number of carboxylic acid groups (broad SMARTS) is 1. The fourth-order valence-electron chi connectivity index (χ4n) is 6.31. The summed E-state index contributed by atoms with van der Waals surface area (Å²) in [4.78, 5) is 27.5. The number of Topliss-reactive ketones (excluding diaryl/α,β-unsaturated/α-hetero) is 1. The molecule has 0 bridgehead atoms. The van der Waals surface area contributed by atoms with E-state index in [1.54, 1.807) is 18.2 Å². The van der Waals surface area contributed by atoms with E-state index in [1.165, 1.54) is 25.7 Å². The number of aliphatic hydroxyl groups excluding tert-OH is 1. The van der Waals surface area contributed by atoms with E-state index in [-0.39, 0.29) is 17.1 Å². The molecule has 2 heterocycles. The largest absolute Gasteiger partial charge is 0.506 e. The van der Waals surface area contributed by atoms with Crippen molar-refractivity contribution in [3.05, 3.63) is 100 Å². The molecule has 0 spiro atoms. The van der Waals surface area contributed by atoms with Crippen LogP contribution in [0.2, 0.25) is 0 Å². The molecular formula is C36H41N2O4+. The number of carboxylic acids is 1. The van der Waals surface area contributed by atoms with Crippen molar-refractivity contribution < 1.29 is 24.4 Å². The zero-order valence-electron chi connectivity index (χ0n) is 25.1. The number of hydrogen-bond acceptors (Lipinski definition) is 4. The highest BCUT2D eigenvalue weighted by Crippen LogP contribution is 2.49. The van der Waals surface area contributed by atoms with Gasteiger partial charge in [0.05, 0.1) is 16.7 Å². The molecule has 1 aromatic heterocycles. The number of unbranched alkanes of at least 4 members (excludes halogenated alkanes) is 5. The minimum atomic E-state index is -0.962. The van der Waals surface area contributed by atoms with Gasteiger partial charge in [0.25, 0.3) is 0 Å². The molecule has 0 saturated heterocycles. The molecule has 2 aromatic carbocycles. The van der Waals surface area contributed by atoms with Crippen LogP contribution >= 0.6 is 0 Å². The van der Waals surface area contributed by atoms with Crippen LogP contribution in [-0.4, -0.2) is 28.5 Å². The van der Waals surface area contributed by atoms with Crippen molar-refractivity contribution in [1.29, 1.82) is 0 Å². The Bertz CT molecular complexity index is 1640. The number of aromatic nitrogens is 1. The van der Waals surface area contributed by atoms with Crippen LogP contribution in [0.15, 0.2) is 83.3 Å². The third kappa shape index (κ3) is 5.26. The monoisotopic (exact) mass is 565 g/mol.